The average molecular weight is 965 g/mol. The Balaban J connectivity index is -0.000000396. The largest absolute Gasteiger partial charge is 3.00 e. The number of unbranched alkanes of at least 4 members (excludes halogenated alkanes) is 42. The van der Waals surface area contributed by atoms with Crippen molar-refractivity contribution < 1.29 is 29.7 Å². The summed E-state index contributed by atoms with van der Waals surface area (Å²) in [4.78, 5) is 30.7. The fraction of sp³-hybridized carbons (Fsp3) is 0.944. The van der Waals surface area contributed by atoms with E-state index in [4.69, 9.17) is 0 Å². The van der Waals surface area contributed by atoms with Crippen LogP contribution in [0, 0.1) is 0 Å². The predicted octanol–water partition coefficient (Wildman–Crippen LogP) is 14.6. The second kappa shape index (κ2) is 63.6. The van der Waals surface area contributed by atoms with E-state index in [1.807, 2.05) is 0 Å². The van der Waals surface area contributed by atoms with Crippen LogP contribution in [0.1, 0.15) is 329 Å². The molecule has 0 aliphatic heterocycles. The third-order valence-electron chi connectivity index (χ3n) is 12.0. The van der Waals surface area contributed by atoms with Gasteiger partial charge >= 0.3 is 25.8 Å². The standard InChI is InChI=1S/3C18H36O2.In/c3*1-2-3-4-5-6-7-8-9-10-11-12-13-14-15-16-17-18(19)20;/h3*2-17H2,1H3,(H,19,20);/q;;;+3/p-3. The van der Waals surface area contributed by atoms with Crippen molar-refractivity contribution in [3.8, 4) is 0 Å². The summed E-state index contributed by atoms with van der Waals surface area (Å²) in [6, 6.07) is 0. The van der Waals surface area contributed by atoms with Crippen LogP contribution in [0.2, 0.25) is 0 Å². The van der Waals surface area contributed by atoms with E-state index in [2.05, 4.69) is 20.8 Å². The Labute approximate surface area is 400 Å². The van der Waals surface area contributed by atoms with Gasteiger partial charge in [0.1, 0.15) is 0 Å². The smallest absolute Gasteiger partial charge is 0.550 e. The topological polar surface area (TPSA) is 120 Å². The van der Waals surface area contributed by atoms with Gasteiger partial charge in [0.05, 0.1) is 0 Å². The first kappa shape index (κ1) is 66.9. The molecule has 0 aliphatic rings. The van der Waals surface area contributed by atoms with Crippen LogP contribution in [0.25, 0.3) is 0 Å². The molecular weight excluding hydrogens is 859 g/mol. The van der Waals surface area contributed by atoms with Crippen molar-refractivity contribution in [1.82, 2.24) is 0 Å². The fourth-order valence-corrected chi connectivity index (χ4v) is 7.92. The van der Waals surface area contributed by atoms with Crippen LogP contribution in [0.5, 0.6) is 0 Å². The van der Waals surface area contributed by atoms with Crippen molar-refractivity contribution in [1.29, 1.82) is 0 Å². The molecule has 0 unspecified atom stereocenters. The molecule has 0 aromatic rings. The minimum atomic E-state index is -0.903. The summed E-state index contributed by atoms with van der Waals surface area (Å²) in [6.07, 6.45) is 59.6. The van der Waals surface area contributed by atoms with Gasteiger partial charge in [-0.1, -0.05) is 290 Å². The molecule has 0 aromatic heterocycles. The van der Waals surface area contributed by atoms with Gasteiger partial charge in [0.2, 0.25) is 0 Å². The minimum absolute atomic E-state index is 0. The number of carbonyl (C=O) groups excluding carboxylic acids is 3. The Morgan fingerprint density at radius 3 is 0.410 bits per heavy atom. The van der Waals surface area contributed by atoms with E-state index in [9.17, 15) is 29.7 Å². The molecule has 7 heteroatoms. The SMILES string of the molecule is CCCCCCCCCCCCCCCCCC(=O)[O-].CCCCCCCCCCCCCCCCCC(=O)[O-].CCCCCCCCCCCCCCCCCC(=O)[O-].[In+3]. The van der Waals surface area contributed by atoms with Crippen LogP contribution in [0.15, 0.2) is 0 Å². The normalized spacial score (nSPS) is 10.7. The van der Waals surface area contributed by atoms with Crippen molar-refractivity contribution in [2.24, 2.45) is 0 Å². The quantitative estimate of drug-likeness (QED) is 0.0560. The first-order valence-corrected chi connectivity index (χ1v) is 26.9. The van der Waals surface area contributed by atoms with Gasteiger partial charge in [-0.25, -0.2) is 0 Å². The molecule has 0 amide bonds. The van der Waals surface area contributed by atoms with Gasteiger partial charge in [-0.05, 0) is 38.5 Å². The van der Waals surface area contributed by atoms with Gasteiger partial charge in [0.25, 0.3) is 0 Å². The summed E-state index contributed by atoms with van der Waals surface area (Å²) in [5, 5.41) is 30.7. The molecule has 0 radical (unpaired) electrons. The first-order chi connectivity index (χ1) is 29.3. The van der Waals surface area contributed by atoms with Crippen molar-refractivity contribution in [3.63, 3.8) is 0 Å². The Morgan fingerprint density at radius 2 is 0.311 bits per heavy atom. The predicted molar refractivity (Wildman–Crippen MR) is 259 cm³/mol. The van der Waals surface area contributed by atoms with E-state index in [0.29, 0.717) is 0 Å². The van der Waals surface area contributed by atoms with E-state index in [0.717, 1.165) is 38.5 Å². The van der Waals surface area contributed by atoms with Crippen molar-refractivity contribution in [2.75, 3.05) is 0 Å². The zero-order valence-corrected chi connectivity index (χ0v) is 44.8. The molecule has 360 valence electrons. The van der Waals surface area contributed by atoms with Gasteiger partial charge < -0.3 is 29.7 Å². The molecule has 0 bridgehead atoms. The first-order valence-electron chi connectivity index (χ1n) is 26.9. The van der Waals surface area contributed by atoms with Crippen molar-refractivity contribution >= 4 is 43.8 Å². The molecule has 0 atom stereocenters. The van der Waals surface area contributed by atoms with Crippen LogP contribution in [0.4, 0.5) is 0 Å². The average Bonchev–Trinajstić information content (AvgIpc) is 3.22. The second-order valence-corrected chi connectivity index (χ2v) is 18.2. The van der Waals surface area contributed by atoms with Gasteiger partial charge in [0, 0.05) is 17.9 Å². The van der Waals surface area contributed by atoms with Gasteiger partial charge in [-0.2, -0.15) is 0 Å². The molecule has 0 N–H and O–H groups in total. The fourth-order valence-electron chi connectivity index (χ4n) is 7.92. The van der Waals surface area contributed by atoms with Gasteiger partial charge in [0.15, 0.2) is 0 Å². The second-order valence-electron chi connectivity index (χ2n) is 18.2. The third-order valence-corrected chi connectivity index (χ3v) is 12.0. The molecule has 0 saturated heterocycles. The minimum Gasteiger partial charge on any atom is -0.550 e. The monoisotopic (exact) mass is 965 g/mol. The van der Waals surface area contributed by atoms with Crippen molar-refractivity contribution in [2.45, 2.75) is 329 Å². The number of carbonyl (C=O) groups is 3. The molecular formula is C54H105InO6. The Morgan fingerprint density at radius 1 is 0.213 bits per heavy atom. The summed E-state index contributed by atoms with van der Waals surface area (Å²) in [5.74, 6) is -2.71. The maximum atomic E-state index is 10.2. The molecule has 0 aliphatic carbocycles. The van der Waals surface area contributed by atoms with Crippen LogP contribution in [-0.2, 0) is 14.4 Å². The summed E-state index contributed by atoms with van der Waals surface area (Å²) < 4.78 is 0. The van der Waals surface area contributed by atoms with E-state index in [-0.39, 0.29) is 45.1 Å². The number of hydrogen-bond donors (Lipinski definition) is 0. The number of carboxylic acids is 3. The summed E-state index contributed by atoms with van der Waals surface area (Å²) in [7, 11) is 0. The van der Waals surface area contributed by atoms with Crippen LogP contribution in [-0.4, -0.2) is 43.8 Å². The van der Waals surface area contributed by atoms with E-state index in [1.54, 1.807) is 0 Å². The molecule has 0 spiro atoms. The van der Waals surface area contributed by atoms with Crippen LogP contribution >= 0.6 is 0 Å². The zero-order chi connectivity index (χ0) is 44.7. The molecule has 0 heterocycles. The Hall–Kier alpha value is -0.720. The summed E-state index contributed by atoms with van der Waals surface area (Å²) in [5.41, 5.74) is 0. The number of hydrogen-bond acceptors (Lipinski definition) is 6. The molecule has 0 fully saturated rings. The van der Waals surface area contributed by atoms with Crippen molar-refractivity contribution in [3.05, 3.63) is 0 Å². The molecule has 0 rings (SSSR count). The molecule has 61 heavy (non-hydrogen) atoms. The maximum Gasteiger partial charge on any atom is 3.00 e. The number of rotatable bonds is 48. The third kappa shape index (κ3) is 76.9. The number of carboxylic acid groups (broad SMARTS) is 3. The molecule has 0 saturated carbocycles. The molecule has 6 nitrogen and oxygen atoms in total. The zero-order valence-electron chi connectivity index (χ0n) is 41.5. The Bertz CT molecular complexity index is 717. The van der Waals surface area contributed by atoms with Crippen LogP contribution in [0.3, 0.4) is 0 Å². The summed E-state index contributed by atoms with van der Waals surface area (Å²) in [6.45, 7) is 6.80. The van der Waals surface area contributed by atoms with Gasteiger partial charge in [-0.15, -0.1) is 0 Å². The van der Waals surface area contributed by atoms with Gasteiger partial charge in [-0.3, -0.25) is 0 Å². The van der Waals surface area contributed by atoms with E-state index >= 15 is 0 Å². The van der Waals surface area contributed by atoms with E-state index < -0.39 is 17.9 Å². The Kier molecular flexibility index (Phi) is 69.7. The van der Waals surface area contributed by atoms with Crippen LogP contribution < -0.4 is 15.3 Å². The maximum absolute atomic E-state index is 10.2. The van der Waals surface area contributed by atoms with E-state index in [1.165, 1.54) is 250 Å². The molecule has 0 aromatic carbocycles. The summed E-state index contributed by atoms with van der Waals surface area (Å²) >= 11 is 0. The number of aliphatic carboxylic acids is 3.